The van der Waals surface area contributed by atoms with E-state index in [1.54, 1.807) is 18.2 Å². The van der Waals surface area contributed by atoms with Gasteiger partial charge < -0.3 is 10.1 Å². The van der Waals surface area contributed by atoms with Crippen molar-refractivity contribution in [2.45, 2.75) is 26.0 Å². The molecule has 0 atom stereocenters. The van der Waals surface area contributed by atoms with Crippen LogP contribution in [0.25, 0.3) is 0 Å². The Morgan fingerprint density at radius 3 is 2.81 bits per heavy atom. The minimum atomic E-state index is -2.93. The molecule has 0 bridgehead atoms. The highest BCUT2D eigenvalue weighted by molar-refractivity contribution is 6.39. The van der Waals surface area contributed by atoms with Gasteiger partial charge in [-0.3, -0.25) is 9.59 Å². The Bertz CT molecular complexity index is 576. The van der Waals surface area contributed by atoms with Crippen molar-refractivity contribution in [1.82, 2.24) is 10.7 Å². The maximum atomic E-state index is 12.3. The van der Waals surface area contributed by atoms with E-state index < -0.39 is 12.5 Å². The zero-order valence-electron chi connectivity index (χ0n) is 10.9. The van der Waals surface area contributed by atoms with Gasteiger partial charge in [0.25, 0.3) is 5.91 Å². The Hall–Kier alpha value is -2.51. The number of amides is 2. The van der Waals surface area contributed by atoms with Gasteiger partial charge in [-0.25, -0.2) is 5.43 Å². The van der Waals surface area contributed by atoms with E-state index in [9.17, 15) is 18.4 Å². The monoisotopic (exact) mass is 297 g/mol. The van der Waals surface area contributed by atoms with Crippen molar-refractivity contribution in [3.05, 3.63) is 29.8 Å². The molecular weight excluding hydrogens is 284 g/mol. The van der Waals surface area contributed by atoms with E-state index in [1.807, 2.05) is 0 Å². The lowest BCUT2D eigenvalue weighted by Crippen LogP contribution is -2.36. The Balaban J connectivity index is 1.97. The first-order valence-electron chi connectivity index (χ1n) is 6.22. The smallest absolute Gasteiger partial charge is 0.387 e. The standard InChI is InChI=1S/C13H13F2N3O3/c14-13(15)21-10-4-2-1-3-8(10)7-16-12(20)9-5-6-11(19)18-17-9/h1-4,13H,5-7H2,(H,16,20)(H,18,19). The number of carbonyl (C=O) groups is 2. The first-order chi connectivity index (χ1) is 10.1. The Morgan fingerprint density at radius 2 is 2.14 bits per heavy atom. The minimum absolute atomic E-state index is 0.00619. The third-order valence-electron chi connectivity index (χ3n) is 2.79. The first-order valence-corrected chi connectivity index (χ1v) is 6.22. The fourth-order valence-electron chi connectivity index (χ4n) is 1.78. The van der Waals surface area contributed by atoms with Gasteiger partial charge in [-0.05, 0) is 6.07 Å². The number of hydrazone groups is 1. The molecule has 2 amide bonds. The summed E-state index contributed by atoms with van der Waals surface area (Å²) < 4.78 is 28.9. The fourth-order valence-corrected chi connectivity index (χ4v) is 1.78. The second kappa shape index (κ2) is 6.78. The quantitative estimate of drug-likeness (QED) is 0.856. The summed E-state index contributed by atoms with van der Waals surface area (Å²) in [5.41, 5.74) is 2.83. The topological polar surface area (TPSA) is 79.8 Å². The molecule has 1 heterocycles. The number of para-hydroxylation sites is 1. The lowest BCUT2D eigenvalue weighted by Gasteiger charge is -2.13. The van der Waals surface area contributed by atoms with Crippen molar-refractivity contribution in [2.24, 2.45) is 5.10 Å². The molecule has 8 heteroatoms. The third kappa shape index (κ3) is 4.23. The summed E-state index contributed by atoms with van der Waals surface area (Å²) in [6, 6.07) is 6.18. The number of halogens is 2. The van der Waals surface area contributed by atoms with E-state index in [-0.39, 0.29) is 36.8 Å². The van der Waals surface area contributed by atoms with Crippen LogP contribution in [-0.4, -0.2) is 24.1 Å². The molecule has 2 N–H and O–H groups in total. The molecule has 0 saturated heterocycles. The van der Waals surface area contributed by atoms with Crippen LogP contribution in [0.4, 0.5) is 8.78 Å². The van der Waals surface area contributed by atoms with Gasteiger partial charge in [0.15, 0.2) is 0 Å². The van der Waals surface area contributed by atoms with Crippen molar-refractivity contribution in [3.8, 4) is 5.75 Å². The van der Waals surface area contributed by atoms with Crippen LogP contribution in [0.2, 0.25) is 0 Å². The highest BCUT2D eigenvalue weighted by Crippen LogP contribution is 2.19. The van der Waals surface area contributed by atoms with Crippen LogP contribution < -0.4 is 15.5 Å². The zero-order valence-corrected chi connectivity index (χ0v) is 10.9. The van der Waals surface area contributed by atoms with Crippen LogP contribution in [0.3, 0.4) is 0 Å². The average Bonchev–Trinajstić information content (AvgIpc) is 2.46. The van der Waals surface area contributed by atoms with Crippen molar-refractivity contribution in [3.63, 3.8) is 0 Å². The van der Waals surface area contributed by atoms with Crippen LogP contribution in [0.15, 0.2) is 29.4 Å². The van der Waals surface area contributed by atoms with Crippen LogP contribution >= 0.6 is 0 Å². The number of benzene rings is 1. The van der Waals surface area contributed by atoms with E-state index in [4.69, 9.17) is 0 Å². The lowest BCUT2D eigenvalue weighted by molar-refractivity contribution is -0.121. The van der Waals surface area contributed by atoms with Gasteiger partial charge in [0.05, 0.1) is 0 Å². The first kappa shape index (κ1) is 14.9. The van der Waals surface area contributed by atoms with Crippen molar-refractivity contribution < 1.29 is 23.1 Å². The average molecular weight is 297 g/mol. The molecule has 1 aliphatic rings. The number of alkyl halides is 2. The van der Waals surface area contributed by atoms with Gasteiger partial charge in [0, 0.05) is 24.9 Å². The maximum absolute atomic E-state index is 12.3. The van der Waals surface area contributed by atoms with E-state index in [0.717, 1.165) is 0 Å². The Kier molecular flexibility index (Phi) is 4.81. The van der Waals surface area contributed by atoms with Crippen molar-refractivity contribution >= 4 is 17.5 Å². The number of hydrogen-bond acceptors (Lipinski definition) is 4. The summed E-state index contributed by atoms with van der Waals surface area (Å²) in [5.74, 6) is -0.698. The lowest BCUT2D eigenvalue weighted by atomic mass is 10.1. The van der Waals surface area contributed by atoms with E-state index in [0.29, 0.717) is 5.56 Å². The molecule has 0 spiro atoms. The molecule has 0 unspecified atom stereocenters. The molecule has 1 aromatic rings. The molecule has 112 valence electrons. The SMILES string of the molecule is O=C1CCC(C(=O)NCc2ccccc2OC(F)F)=NN1. The van der Waals surface area contributed by atoms with Gasteiger partial charge in [-0.2, -0.15) is 13.9 Å². The number of nitrogens with zero attached hydrogens (tertiary/aromatic N) is 1. The summed E-state index contributed by atoms with van der Waals surface area (Å²) in [6.07, 6.45) is 0.435. The maximum Gasteiger partial charge on any atom is 0.387 e. The number of carbonyl (C=O) groups excluding carboxylic acids is 2. The highest BCUT2D eigenvalue weighted by Gasteiger charge is 2.18. The summed E-state index contributed by atoms with van der Waals surface area (Å²) in [4.78, 5) is 22.7. The zero-order chi connectivity index (χ0) is 15.2. The molecule has 1 aromatic carbocycles. The molecule has 0 saturated carbocycles. The van der Waals surface area contributed by atoms with Gasteiger partial charge in [-0.1, -0.05) is 18.2 Å². The number of rotatable bonds is 5. The second-order valence-electron chi connectivity index (χ2n) is 4.26. The summed E-state index contributed by atoms with van der Waals surface area (Å²) in [7, 11) is 0. The fraction of sp³-hybridized carbons (Fsp3) is 0.308. The van der Waals surface area contributed by atoms with Gasteiger partial charge >= 0.3 is 6.61 Å². The van der Waals surface area contributed by atoms with Crippen molar-refractivity contribution in [1.29, 1.82) is 0 Å². The van der Waals surface area contributed by atoms with Crippen LogP contribution in [0.1, 0.15) is 18.4 Å². The molecule has 0 fully saturated rings. The normalized spacial score (nSPS) is 14.4. The Labute approximate surface area is 119 Å². The van der Waals surface area contributed by atoms with Gasteiger partial charge in [0.2, 0.25) is 5.91 Å². The highest BCUT2D eigenvalue weighted by atomic mass is 19.3. The van der Waals surface area contributed by atoms with Gasteiger partial charge in [0.1, 0.15) is 11.5 Å². The molecular formula is C13H13F2N3O3. The molecule has 0 radical (unpaired) electrons. The van der Waals surface area contributed by atoms with E-state index >= 15 is 0 Å². The number of hydrogen-bond donors (Lipinski definition) is 2. The van der Waals surface area contributed by atoms with E-state index in [1.165, 1.54) is 6.07 Å². The third-order valence-corrected chi connectivity index (χ3v) is 2.79. The van der Waals surface area contributed by atoms with E-state index in [2.05, 4.69) is 20.6 Å². The largest absolute Gasteiger partial charge is 0.434 e. The summed E-state index contributed by atoms with van der Waals surface area (Å²) >= 11 is 0. The van der Waals surface area contributed by atoms with Crippen LogP contribution in [0, 0.1) is 0 Å². The van der Waals surface area contributed by atoms with Gasteiger partial charge in [-0.15, -0.1) is 0 Å². The predicted octanol–water partition coefficient (Wildman–Crippen LogP) is 1.17. The molecule has 0 aliphatic carbocycles. The minimum Gasteiger partial charge on any atom is -0.434 e. The summed E-state index contributed by atoms with van der Waals surface area (Å²) in [6.45, 7) is -2.91. The van der Waals surface area contributed by atoms with Crippen molar-refractivity contribution in [2.75, 3.05) is 0 Å². The molecule has 2 rings (SSSR count). The number of ether oxygens (including phenoxy) is 1. The molecule has 0 aromatic heterocycles. The van der Waals surface area contributed by atoms with Crippen LogP contribution in [0.5, 0.6) is 5.75 Å². The number of nitrogens with one attached hydrogen (secondary N) is 2. The van der Waals surface area contributed by atoms with Crippen LogP contribution in [-0.2, 0) is 16.1 Å². The molecule has 21 heavy (non-hydrogen) atoms. The molecule has 6 nitrogen and oxygen atoms in total. The Morgan fingerprint density at radius 1 is 1.38 bits per heavy atom. The molecule has 1 aliphatic heterocycles. The second-order valence-corrected chi connectivity index (χ2v) is 4.26. The predicted molar refractivity (Wildman–Crippen MR) is 69.7 cm³/mol. The summed E-state index contributed by atoms with van der Waals surface area (Å²) in [5, 5.41) is 6.20.